The predicted molar refractivity (Wildman–Crippen MR) is 59.6 cm³/mol. The fourth-order valence-corrected chi connectivity index (χ4v) is 1.96. The molecule has 0 amide bonds. The third kappa shape index (κ3) is 3.00. The fraction of sp³-hybridized carbons (Fsp3) is 0.273. The molecule has 1 aromatic rings. The van der Waals surface area contributed by atoms with E-state index in [1.54, 1.807) is 6.92 Å². The highest BCUT2D eigenvalue weighted by molar-refractivity contribution is 7.94. The summed E-state index contributed by atoms with van der Waals surface area (Å²) in [7, 11) is -3.03. The average Bonchev–Trinajstić information content (AvgIpc) is 2.19. The van der Waals surface area contributed by atoms with Gasteiger partial charge in [-0.3, -0.25) is 0 Å². The van der Waals surface area contributed by atoms with Gasteiger partial charge in [0.2, 0.25) is 0 Å². The third-order valence-corrected chi connectivity index (χ3v) is 3.51. The Hall–Kier alpha value is -1.09. The molecule has 0 bridgehead atoms. The first-order valence-electron chi connectivity index (χ1n) is 4.51. The van der Waals surface area contributed by atoms with Crippen LogP contribution in [0.4, 0.5) is 0 Å². The van der Waals surface area contributed by atoms with Gasteiger partial charge in [-0.2, -0.15) is 0 Å². The Balaban J connectivity index is 3.03. The van der Waals surface area contributed by atoms with Crippen molar-refractivity contribution in [1.82, 2.24) is 0 Å². The molecule has 0 N–H and O–H groups in total. The Morgan fingerprint density at radius 2 is 1.86 bits per heavy atom. The van der Waals surface area contributed by atoms with Gasteiger partial charge in [-0.25, -0.2) is 8.42 Å². The van der Waals surface area contributed by atoms with Gasteiger partial charge in [-0.1, -0.05) is 37.3 Å². The molecule has 0 spiro atoms. The molecule has 0 atom stereocenters. The number of hydrogen-bond donors (Lipinski definition) is 0. The minimum atomic E-state index is -3.03. The number of hydrogen-bond acceptors (Lipinski definition) is 2. The van der Waals surface area contributed by atoms with Gasteiger partial charge < -0.3 is 0 Å². The molecular weight excluding hydrogens is 196 g/mol. The van der Waals surface area contributed by atoms with Crippen LogP contribution in [0.3, 0.4) is 0 Å². The number of benzene rings is 1. The molecule has 0 aliphatic heterocycles. The standard InChI is InChI=1S/C11H14O2S/c1-3-14(12,13)9-10(2)11-7-5-4-6-8-11/h4-9H,3H2,1-2H3/b10-9+. The summed E-state index contributed by atoms with van der Waals surface area (Å²) in [4.78, 5) is 0. The highest BCUT2D eigenvalue weighted by Crippen LogP contribution is 2.14. The molecule has 1 aromatic carbocycles. The molecule has 1 rings (SSSR count). The highest BCUT2D eigenvalue weighted by atomic mass is 32.2. The quantitative estimate of drug-likeness (QED) is 0.768. The van der Waals surface area contributed by atoms with Crippen LogP contribution in [0.25, 0.3) is 5.57 Å². The topological polar surface area (TPSA) is 34.1 Å². The molecule has 0 saturated carbocycles. The maximum Gasteiger partial charge on any atom is 0.171 e. The Labute approximate surface area is 85.2 Å². The van der Waals surface area contributed by atoms with Crippen LogP contribution in [0.15, 0.2) is 35.7 Å². The van der Waals surface area contributed by atoms with Gasteiger partial charge in [0.25, 0.3) is 0 Å². The second-order valence-electron chi connectivity index (χ2n) is 3.12. The number of sulfone groups is 1. The summed E-state index contributed by atoms with van der Waals surface area (Å²) in [6, 6.07) is 9.50. The van der Waals surface area contributed by atoms with E-state index in [0.29, 0.717) is 0 Å². The summed E-state index contributed by atoms with van der Waals surface area (Å²) in [5.74, 6) is 0.150. The molecule has 0 aliphatic carbocycles. The molecule has 14 heavy (non-hydrogen) atoms. The van der Waals surface area contributed by atoms with Crippen LogP contribution in [0.5, 0.6) is 0 Å². The predicted octanol–water partition coefficient (Wildman–Crippen LogP) is 2.48. The van der Waals surface area contributed by atoms with Gasteiger partial charge in [0.15, 0.2) is 9.84 Å². The molecule has 0 heterocycles. The Bertz CT molecular complexity index is 416. The van der Waals surface area contributed by atoms with Crippen molar-refractivity contribution in [3.05, 3.63) is 41.3 Å². The highest BCUT2D eigenvalue weighted by Gasteiger charge is 2.04. The zero-order valence-corrected chi connectivity index (χ0v) is 9.21. The SMILES string of the molecule is CCS(=O)(=O)/C=C(\C)c1ccccc1. The van der Waals surface area contributed by atoms with Gasteiger partial charge in [0, 0.05) is 5.41 Å². The Kier molecular flexibility index (Phi) is 3.47. The van der Waals surface area contributed by atoms with Crippen LogP contribution in [-0.4, -0.2) is 14.2 Å². The molecule has 0 unspecified atom stereocenters. The van der Waals surface area contributed by atoms with Crippen molar-refractivity contribution in [3.8, 4) is 0 Å². The molecule has 0 fully saturated rings. The second-order valence-corrected chi connectivity index (χ2v) is 5.26. The molecule has 0 aromatic heterocycles. The largest absolute Gasteiger partial charge is 0.224 e. The first-order valence-corrected chi connectivity index (χ1v) is 6.23. The molecule has 0 saturated heterocycles. The van der Waals surface area contributed by atoms with Crippen LogP contribution in [0.2, 0.25) is 0 Å². The van der Waals surface area contributed by atoms with E-state index in [9.17, 15) is 8.42 Å². The van der Waals surface area contributed by atoms with E-state index >= 15 is 0 Å². The zero-order chi connectivity index (χ0) is 10.6. The van der Waals surface area contributed by atoms with E-state index in [4.69, 9.17) is 0 Å². The molecule has 76 valence electrons. The van der Waals surface area contributed by atoms with Gasteiger partial charge in [0.05, 0.1) is 5.75 Å². The lowest BCUT2D eigenvalue weighted by Crippen LogP contribution is -1.98. The first kappa shape index (κ1) is 11.0. The first-order chi connectivity index (χ1) is 6.55. The summed E-state index contributed by atoms with van der Waals surface area (Å²) in [5.41, 5.74) is 1.73. The van der Waals surface area contributed by atoms with E-state index in [1.807, 2.05) is 37.3 Å². The monoisotopic (exact) mass is 210 g/mol. The summed E-state index contributed by atoms with van der Waals surface area (Å²) in [6.07, 6.45) is 0. The molecule has 3 heteroatoms. The summed E-state index contributed by atoms with van der Waals surface area (Å²) in [6.45, 7) is 3.45. The average molecular weight is 210 g/mol. The molecule has 0 aliphatic rings. The molecule has 2 nitrogen and oxygen atoms in total. The van der Waals surface area contributed by atoms with Crippen molar-refractivity contribution < 1.29 is 8.42 Å². The maximum atomic E-state index is 11.3. The lowest BCUT2D eigenvalue weighted by atomic mass is 10.1. The van der Waals surface area contributed by atoms with E-state index in [-0.39, 0.29) is 5.75 Å². The van der Waals surface area contributed by atoms with Crippen LogP contribution < -0.4 is 0 Å². The maximum absolute atomic E-state index is 11.3. The zero-order valence-electron chi connectivity index (χ0n) is 8.40. The Morgan fingerprint density at radius 1 is 1.29 bits per heavy atom. The summed E-state index contributed by atoms with van der Waals surface area (Å²) < 4.78 is 22.6. The van der Waals surface area contributed by atoms with Crippen molar-refractivity contribution in [3.63, 3.8) is 0 Å². The van der Waals surface area contributed by atoms with Gasteiger partial charge in [0.1, 0.15) is 0 Å². The lowest BCUT2D eigenvalue weighted by Gasteiger charge is -2.00. The van der Waals surface area contributed by atoms with Gasteiger partial charge >= 0.3 is 0 Å². The minimum absolute atomic E-state index is 0.150. The van der Waals surface area contributed by atoms with E-state index < -0.39 is 9.84 Å². The van der Waals surface area contributed by atoms with Crippen molar-refractivity contribution in [2.75, 3.05) is 5.75 Å². The normalized spacial score (nSPS) is 12.9. The Morgan fingerprint density at radius 3 is 2.36 bits per heavy atom. The second kappa shape index (κ2) is 4.42. The minimum Gasteiger partial charge on any atom is -0.224 e. The lowest BCUT2D eigenvalue weighted by molar-refractivity contribution is 0.606. The number of allylic oxidation sites excluding steroid dienone is 1. The van der Waals surface area contributed by atoms with Crippen LogP contribution in [0.1, 0.15) is 19.4 Å². The van der Waals surface area contributed by atoms with Crippen LogP contribution in [-0.2, 0) is 9.84 Å². The van der Waals surface area contributed by atoms with E-state index in [0.717, 1.165) is 11.1 Å². The van der Waals surface area contributed by atoms with Crippen LogP contribution in [0, 0.1) is 0 Å². The van der Waals surface area contributed by atoms with E-state index in [2.05, 4.69) is 0 Å². The third-order valence-electron chi connectivity index (χ3n) is 1.99. The number of rotatable bonds is 3. The molecule has 0 radical (unpaired) electrons. The van der Waals surface area contributed by atoms with Gasteiger partial charge in [-0.15, -0.1) is 0 Å². The van der Waals surface area contributed by atoms with Crippen molar-refractivity contribution in [1.29, 1.82) is 0 Å². The van der Waals surface area contributed by atoms with Crippen LogP contribution >= 0.6 is 0 Å². The summed E-state index contributed by atoms with van der Waals surface area (Å²) in [5, 5.41) is 1.34. The smallest absolute Gasteiger partial charge is 0.171 e. The van der Waals surface area contributed by atoms with Crippen molar-refractivity contribution in [2.45, 2.75) is 13.8 Å². The van der Waals surface area contributed by atoms with E-state index in [1.165, 1.54) is 5.41 Å². The molecular formula is C11H14O2S. The fourth-order valence-electron chi connectivity index (χ4n) is 1.12. The summed E-state index contributed by atoms with van der Waals surface area (Å²) >= 11 is 0. The van der Waals surface area contributed by atoms with Crippen molar-refractivity contribution in [2.24, 2.45) is 0 Å². The van der Waals surface area contributed by atoms with Crippen molar-refractivity contribution >= 4 is 15.4 Å². The van der Waals surface area contributed by atoms with Gasteiger partial charge in [-0.05, 0) is 18.1 Å².